The van der Waals surface area contributed by atoms with E-state index >= 15 is 0 Å². The Kier molecular flexibility index (Phi) is 1.23. The molecule has 0 spiro atoms. The lowest BCUT2D eigenvalue weighted by atomic mass is 10.2. The molecule has 2 amide bonds. The van der Waals surface area contributed by atoms with E-state index in [4.69, 9.17) is 12.2 Å². The molecule has 0 bridgehead atoms. The van der Waals surface area contributed by atoms with Crippen LogP contribution in [-0.4, -0.2) is 27.9 Å². The van der Waals surface area contributed by atoms with Gasteiger partial charge in [-0.3, -0.25) is 14.5 Å². The molecule has 2 aliphatic heterocycles. The van der Waals surface area contributed by atoms with Crippen LogP contribution in [0.2, 0.25) is 0 Å². The molecular weight excluding hydrogens is 164 g/mol. The summed E-state index contributed by atoms with van der Waals surface area (Å²) in [6.07, 6.45) is 1.04. The summed E-state index contributed by atoms with van der Waals surface area (Å²) >= 11 is 4.78. The van der Waals surface area contributed by atoms with Crippen molar-refractivity contribution < 1.29 is 9.59 Å². The second-order valence-electron chi connectivity index (χ2n) is 2.61. The fraction of sp³-hybridized carbons (Fsp3) is 0.500. The first-order valence-corrected chi connectivity index (χ1v) is 3.78. The van der Waals surface area contributed by atoms with Gasteiger partial charge in [-0.2, -0.15) is 0 Å². The largest absolute Gasteiger partial charge is 0.301 e. The topological polar surface area (TPSA) is 49.4 Å². The molecule has 1 N–H and O–H groups in total. The van der Waals surface area contributed by atoms with Gasteiger partial charge in [-0.15, -0.1) is 0 Å². The van der Waals surface area contributed by atoms with Crippen molar-refractivity contribution in [1.29, 1.82) is 0 Å². The van der Waals surface area contributed by atoms with Gasteiger partial charge in [0.05, 0.1) is 0 Å². The minimum absolute atomic E-state index is 0.0432. The molecule has 5 heteroatoms. The van der Waals surface area contributed by atoms with Gasteiger partial charge in [0.1, 0.15) is 6.04 Å². The standard InChI is InChI=1S/C6H6N2O2S/c9-4-2-1-3-5(10)7-6(11)8(3)4/h3H,1-2H2,(H,7,10,11)/t3-/m1/s1. The maximum absolute atomic E-state index is 11.1. The second-order valence-corrected chi connectivity index (χ2v) is 3.00. The zero-order chi connectivity index (χ0) is 8.01. The molecule has 0 radical (unpaired) electrons. The molecule has 2 aliphatic rings. The van der Waals surface area contributed by atoms with Gasteiger partial charge in [-0.25, -0.2) is 0 Å². The Morgan fingerprint density at radius 1 is 1.55 bits per heavy atom. The number of rotatable bonds is 0. The van der Waals surface area contributed by atoms with Crippen molar-refractivity contribution in [3.63, 3.8) is 0 Å². The maximum atomic E-state index is 11.1. The summed E-state index contributed by atoms with van der Waals surface area (Å²) in [5, 5.41) is 2.71. The van der Waals surface area contributed by atoms with Gasteiger partial charge in [0, 0.05) is 6.42 Å². The molecule has 0 aromatic rings. The van der Waals surface area contributed by atoms with Crippen LogP contribution in [0.25, 0.3) is 0 Å². The molecule has 1 atom stereocenters. The Hall–Kier alpha value is -0.970. The molecule has 11 heavy (non-hydrogen) atoms. The molecule has 58 valence electrons. The summed E-state index contributed by atoms with van der Waals surface area (Å²) in [6.45, 7) is 0. The van der Waals surface area contributed by atoms with Crippen LogP contribution in [0.1, 0.15) is 12.8 Å². The minimum Gasteiger partial charge on any atom is -0.301 e. The van der Waals surface area contributed by atoms with Gasteiger partial charge in [0.2, 0.25) is 11.8 Å². The second kappa shape index (κ2) is 2.01. The molecule has 0 aromatic heterocycles. The number of nitrogens with zero attached hydrogens (tertiary/aromatic N) is 1. The minimum atomic E-state index is -0.310. The van der Waals surface area contributed by atoms with Crippen molar-refractivity contribution >= 4 is 29.1 Å². The van der Waals surface area contributed by atoms with Crippen molar-refractivity contribution in [3.8, 4) is 0 Å². The molecule has 0 unspecified atom stereocenters. The van der Waals surface area contributed by atoms with Gasteiger partial charge in [-0.05, 0) is 18.6 Å². The molecule has 0 saturated carbocycles. The number of carbonyl (C=O) groups excluding carboxylic acids is 2. The van der Waals surface area contributed by atoms with Crippen LogP contribution in [0.3, 0.4) is 0 Å². The fourth-order valence-electron chi connectivity index (χ4n) is 1.44. The first kappa shape index (κ1) is 6.72. The van der Waals surface area contributed by atoms with Crippen LogP contribution in [0.5, 0.6) is 0 Å². The molecule has 2 heterocycles. The van der Waals surface area contributed by atoms with Gasteiger partial charge in [0.25, 0.3) is 0 Å². The fourth-order valence-corrected chi connectivity index (χ4v) is 1.77. The molecule has 2 rings (SSSR count). The van der Waals surface area contributed by atoms with Gasteiger partial charge < -0.3 is 5.32 Å². The van der Waals surface area contributed by atoms with Gasteiger partial charge in [0.15, 0.2) is 5.11 Å². The molecule has 4 nitrogen and oxygen atoms in total. The molecule has 0 aromatic carbocycles. The highest BCUT2D eigenvalue weighted by Gasteiger charge is 2.44. The Morgan fingerprint density at radius 2 is 2.27 bits per heavy atom. The quantitative estimate of drug-likeness (QED) is 0.493. The summed E-state index contributed by atoms with van der Waals surface area (Å²) in [7, 11) is 0. The molecule has 0 aliphatic carbocycles. The maximum Gasteiger partial charge on any atom is 0.249 e. The molecule has 2 saturated heterocycles. The number of nitrogens with one attached hydrogen (secondary N) is 1. The monoisotopic (exact) mass is 170 g/mol. The highest BCUT2D eigenvalue weighted by atomic mass is 32.1. The first-order valence-electron chi connectivity index (χ1n) is 3.37. The van der Waals surface area contributed by atoms with Crippen LogP contribution >= 0.6 is 12.2 Å². The summed E-state index contributed by atoms with van der Waals surface area (Å²) in [6, 6.07) is -0.310. The number of hydrogen-bond acceptors (Lipinski definition) is 3. The summed E-state index contributed by atoms with van der Waals surface area (Å²) < 4.78 is 0. The van der Waals surface area contributed by atoms with Crippen LogP contribution in [0.15, 0.2) is 0 Å². The average Bonchev–Trinajstić information content (AvgIpc) is 2.41. The average molecular weight is 170 g/mol. The van der Waals surface area contributed by atoms with E-state index in [1.165, 1.54) is 4.90 Å². The van der Waals surface area contributed by atoms with E-state index in [-0.39, 0.29) is 23.0 Å². The smallest absolute Gasteiger partial charge is 0.249 e. The Labute approximate surface area is 68.5 Å². The number of carbonyl (C=O) groups is 2. The number of fused-ring (bicyclic) bond motifs is 1. The third-order valence-electron chi connectivity index (χ3n) is 1.96. The van der Waals surface area contributed by atoms with Crippen molar-refractivity contribution in [3.05, 3.63) is 0 Å². The van der Waals surface area contributed by atoms with E-state index in [9.17, 15) is 9.59 Å². The zero-order valence-electron chi connectivity index (χ0n) is 5.66. The van der Waals surface area contributed by atoms with Crippen LogP contribution in [0, 0.1) is 0 Å². The van der Waals surface area contributed by atoms with Crippen LogP contribution in [0.4, 0.5) is 0 Å². The van der Waals surface area contributed by atoms with E-state index < -0.39 is 0 Å². The zero-order valence-corrected chi connectivity index (χ0v) is 6.48. The van der Waals surface area contributed by atoms with Crippen LogP contribution < -0.4 is 5.32 Å². The van der Waals surface area contributed by atoms with E-state index in [0.29, 0.717) is 12.8 Å². The summed E-state index contributed by atoms with van der Waals surface area (Å²) in [5.74, 6) is -0.181. The van der Waals surface area contributed by atoms with E-state index in [2.05, 4.69) is 5.32 Å². The van der Waals surface area contributed by atoms with Crippen molar-refractivity contribution in [2.75, 3.05) is 0 Å². The van der Waals surface area contributed by atoms with E-state index in [1.807, 2.05) is 0 Å². The van der Waals surface area contributed by atoms with Crippen molar-refractivity contribution in [2.45, 2.75) is 18.9 Å². The predicted octanol–water partition coefficient (Wildman–Crippen LogP) is -0.608. The highest BCUT2D eigenvalue weighted by Crippen LogP contribution is 2.22. The summed E-state index contributed by atoms with van der Waals surface area (Å²) in [4.78, 5) is 23.4. The van der Waals surface area contributed by atoms with Crippen molar-refractivity contribution in [1.82, 2.24) is 10.2 Å². The summed E-state index contributed by atoms with van der Waals surface area (Å²) in [5.41, 5.74) is 0. The molecule has 2 fully saturated rings. The molecular formula is C6H6N2O2S. The first-order chi connectivity index (χ1) is 5.20. The number of thiocarbonyl (C=S) groups is 1. The number of hydrogen-bond donors (Lipinski definition) is 1. The third kappa shape index (κ3) is 0.773. The highest BCUT2D eigenvalue weighted by molar-refractivity contribution is 7.80. The van der Waals surface area contributed by atoms with Crippen molar-refractivity contribution in [2.24, 2.45) is 0 Å². The third-order valence-corrected chi connectivity index (χ3v) is 2.26. The Bertz CT molecular complexity index is 261. The van der Waals surface area contributed by atoms with Gasteiger partial charge in [-0.1, -0.05) is 0 Å². The van der Waals surface area contributed by atoms with E-state index in [1.54, 1.807) is 0 Å². The van der Waals surface area contributed by atoms with Crippen LogP contribution in [-0.2, 0) is 9.59 Å². The number of amides is 2. The lowest BCUT2D eigenvalue weighted by Gasteiger charge is -2.09. The Balaban J connectivity index is 2.35. The Morgan fingerprint density at radius 3 is 2.91 bits per heavy atom. The van der Waals surface area contributed by atoms with Gasteiger partial charge >= 0.3 is 0 Å². The van der Waals surface area contributed by atoms with E-state index in [0.717, 1.165) is 0 Å². The normalized spacial score (nSPS) is 29.3. The lowest BCUT2D eigenvalue weighted by Crippen LogP contribution is -2.32. The lowest BCUT2D eigenvalue weighted by molar-refractivity contribution is -0.128. The predicted molar refractivity (Wildman–Crippen MR) is 40.6 cm³/mol. The SMILES string of the molecule is O=C1NC(=S)N2C(=O)CC[C@H]12.